The molecule has 3 aromatic carbocycles. The van der Waals surface area contributed by atoms with Gasteiger partial charge < -0.3 is 18.9 Å². The number of esters is 2. The minimum absolute atomic E-state index is 0.105. The predicted molar refractivity (Wildman–Crippen MR) is 172 cm³/mol. The molecule has 3 aromatic rings. The smallest absolute Gasteiger partial charge is 0.331 e. The number of hydrogen-bond donors (Lipinski definition) is 0. The van der Waals surface area contributed by atoms with E-state index in [1.165, 1.54) is 34.7 Å². The van der Waals surface area contributed by atoms with Crippen LogP contribution in [0.1, 0.15) is 36.1 Å². The highest BCUT2D eigenvalue weighted by Gasteiger charge is 2.32. The first-order valence-electron chi connectivity index (χ1n) is 13.5. The third-order valence-electron chi connectivity index (χ3n) is 6.10. The molecular weight excluding hydrogens is 569 g/mol. The average Bonchev–Trinajstić information content (AvgIpc) is 2.99. The monoisotopic (exact) mass is 606 g/mol. The summed E-state index contributed by atoms with van der Waals surface area (Å²) in [5.41, 5.74) is 4.59. The van der Waals surface area contributed by atoms with Crippen molar-refractivity contribution in [2.75, 3.05) is 13.2 Å². The Morgan fingerprint density at radius 3 is 1.43 bits per heavy atom. The van der Waals surface area contributed by atoms with Crippen LogP contribution >= 0.6 is 23.5 Å². The molecule has 2 atom stereocenters. The number of hydrogen-bond acceptors (Lipinski definition) is 8. The van der Waals surface area contributed by atoms with Crippen LogP contribution in [0.2, 0.25) is 0 Å². The van der Waals surface area contributed by atoms with E-state index < -0.39 is 21.8 Å². The fraction of sp³-hybridized carbons (Fsp3) is 0.294. The fourth-order valence-electron chi connectivity index (χ4n) is 3.63. The maximum absolute atomic E-state index is 12.1. The third-order valence-corrected chi connectivity index (χ3v) is 8.68. The van der Waals surface area contributed by atoms with E-state index in [2.05, 4.69) is 61.7 Å². The largest absolute Gasteiger partial charge is 0.488 e. The van der Waals surface area contributed by atoms with E-state index in [1.807, 2.05) is 33.8 Å². The van der Waals surface area contributed by atoms with Gasteiger partial charge in [0.25, 0.3) is 0 Å². The number of benzene rings is 3. The SMILES string of the molecule is C=CC(=O)OC(C)(COc1cccc(OCC(C)(OC(=O)C=C)SCc2ccc(C)cc2)c1)SCc1ccc(C)cc1. The molecule has 222 valence electrons. The van der Waals surface area contributed by atoms with Gasteiger partial charge in [0.05, 0.1) is 0 Å². The zero-order valence-electron chi connectivity index (χ0n) is 24.6. The first-order valence-corrected chi connectivity index (χ1v) is 15.4. The van der Waals surface area contributed by atoms with Gasteiger partial charge in [-0.15, -0.1) is 23.5 Å². The van der Waals surface area contributed by atoms with Crippen molar-refractivity contribution in [2.24, 2.45) is 0 Å². The molecule has 0 saturated carbocycles. The molecule has 0 aromatic heterocycles. The van der Waals surface area contributed by atoms with E-state index in [0.717, 1.165) is 23.3 Å². The molecular formula is C34H38O6S2. The molecule has 0 spiro atoms. The lowest BCUT2D eigenvalue weighted by molar-refractivity contribution is -0.146. The lowest BCUT2D eigenvalue weighted by Gasteiger charge is -2.29. The molecule has 2 unspecified atom stereocenters. The standard InChI is InChI=1S/C34H38O6S2/c1-7-31(35)39-33(5,41-21-27-16-12-25(3)13-17-27)23-37-29-10-9-11-30(20-29)38-24-34(6,40-32(36)8-2)42-22-28-18-14-26(4)15-19-28/h7-20H,1-2,21-24H2,3-6H3. The second kappa shape index (κ2) is 15.6. The second-order valence-corrected chi connectivity index (χ2v) is 13.0. The summed E-state index contributed by atoms with van der Waals surface area (Å²) < 4.78 is 23.5. The van der Waals surface area contributed by atoms with Crippen molar-refractivity contribution in [3.8, 4) is 11.5 Å². The summed E-state index contributed by atoms with van der Waals surface area (Å²) in [6.45, 7) is 15.0. The van der Waals surface area contributed by atoms with Crippen LogP contribution in [0, 0.1) is 13.8 Å². The summed E-state index contributed by atoms with van der Waals surface area (Å²) in [6.07, 6.45) is 2.29. The number of ether oxygens (including phenoxy) is 4. The molecule has 0 bridgehead atoms. The van der Waals surface area contributed by atoms with Crippen LogP contribution in [0.15, 0.2) is 98.1 Å². The van der Waals surface area contributed by atoms with E-state index in [-0.39, 0.29) is 13.2 Å². The van der Waals surface area contributed by atoms with Gasteiger partial charge in [0.15, 0.2) is 9.87 Å². The van der Waals surface area contributed by atoms with Crippen molar-refractivity contribution >= 4 is 35.5 Å². The summed E-state index contributed by atoms with van der Waals surface area (Å²) in [6, 6.07) is 23.6. The Morgan fingerprint density at radius 2 is 1.07 bits per heavy atom. The average molecular weight is 607 g/mol. The van der Waals surface area contributed by atoms with Gasteiger partial charge in [0, 0.05) is 29.7 Å². The molecule has 0 aliphatic rings. The number of thioether (sulfide) groups is 2. The highest BCUT2D eigenvalue weighted by atomic mass is 32.2. The summed E-state index contributed by atoms with van der Waals surface area (Å²) >= 11 is 2.94. The molecule has 8 heteroatoms. The van der Waals surface area contributed by atoms with Crippen LogP contribution < -0.4 is 9.47 Å². The van der Waals surface area contributed by atoms with Crippen molar-refractivity contribution in [3.05, 3.63) is 120 Å². The minimum atomic E-state index is -0.961. The Bertz CT molecular complexity index is 1250. The van der Waals surface area contributed by atoms with Crippen molar-refractivity contribution in [2.45, 2.75) is 49.1 Å². The van der Waals surface area contributed by atoms with Crippen LogP contribution in [-0.2, 0) is 30.6 Å². The third kappa shape index (κ3) is 11.0. The highest BCUT2D eigenvalue weighted by molar-refractivity contribution is 8.00. The van der Waals surface area contributed by atoms with E-state index in [4.69, 9.17) is 18.9 Å². The summed E-state index contributed by atoms with van der Waals surface area (Å²) in [5, 5.41) is 0. The normalized spacial score (nSPS) is 13.6. The van der Waals surface area contributed by atoms with Crippen molar-refractivity contribution in [3.63, 3.8) is 0 Å². The van der Waals surface area contributed by atoms with Crippen molar-refractivity contribution in [1.29, 1.82) is 0 Å². The molecule has 42 heavy (non-hydrogen) atoms. The van der Waals surface area contributed by atoms with Gasteiger partial charge in [0.2, 0.25) is 0 Å². The van der Waals surface area contributed by atoms with Gasteiger partial charge in [-0.2, -0.15) is 0 Å². The number of carbonyl (C=O) groups excluding carboxylic acids is 2. The molecule has 0 N–H and O–H groups in total. The Labute approximate surface area is 257 Å². The van der Waals surface area contributed by atoms with Crippen LogP contribution in [0.3, 0.4) is 0 Å². The molecule has 0 aliphatic heterocycles. The molecule has 0 saturated heterocycles. The Morgan fingerprint density at radius 1 is 0.690 bits per heavy atom. The van der Waals surface area contributed by atoms with Gasteiger partial charge in [-0.3, -0.25) is 0 Å². The maximum Gasteiger partial charge on any atom is 0.331 e. The summed E-state index contributed by atoms with van der Waals surface area (Å²) in [4.78, 5) is 22.3. The predicted octanol–water partition coefficient (Wildman–Crippen LogP) is 7.82. The molecule has 0 aliphatic carbocycles. The molecule has 6 nitrogen and oxygen atoms in total. The van der Waals surface area contributed by atoms with Gasteiger partial charge >= 0.3 is 11.9 Å². The molecule has 0 radical (unpaired) electrons. The molecule has 3 rings (SSSR count). The van der Waals surface area contributed by atoms with Crippen LogP contribution in [0.4, 0.5) is 0 Å². The van der Waals surface area contributed by atoms with E-state index in [1.54, 1.807) is 18.2 Å². The molecule has 0 heterocycles. The first kappa shape index (κ1) is 32.9. The van der Waals surface area contributed by atoms with Crippen molar-refractivity contribution < 1.29 is 28.5 Å². The first-order chi connectivity index (χ1) is 20.0. The lowest BCUT2D eigenvalue weighted by atomic mass is 10.2. The number of aryl methyl sites for hydroxylation is 2. The van der Waals surface area contributed by atoms with Gasteiger partial charge in [-0.25, -0.2) is 9.59 Å². The second-order valence-electron chi connectivity index (χ2n) is 10.1. The molecule has 0 amide bonds. The van der Waals surface area contributed by atoms with Gasteiger partial charge in [-0.1, -0.05) is 78.9 Å². The maximum atomic E-state index is 12.1. The Balaban J connectivity index is 1.65. The van der Waals surface area contributed by atoms with Crippen LogP contribution in [-0.4, -0.2) is 35.0 Å². The van der Waals surface area contributed by atoms with E-state index in [9.17, 15) is 9.59 Å². The lowest BCUT2D eigenvalue weighted by Crippen LogP contribution is -2.35. The minimum Gasteiger partial charge on any atom is -0.488 e. The van der Waals surface area contributed by atoms with E-state index in [0.29, 0.717) is 23.0 Å². The summed E-state index contributed by atoms with van der Waals surface area (Å²) in [5.74, 6) is 1.31. The van der Waals surface area contributed by atoms with Gasteiger partial charge in [-0.05, 0) is 51.0 Å². The van der Waals surface area contributed by atoms with Gasteiger partial charge in [0.1, 0.15) is 24.7 Å². The fourth-order valence-corrected chi connectivity index (χ4v) is 5.53. The Hall–Kier alpha value is -3.62. The quantitative estimate of drug-likeness (QED) is 0.0929. The number of carbonyl (C=O) groups is 2. The Kier molecular flexibility index (Phi) is 12.2. The van der Waals surface area contributed by atoms with Crippen molar-refractivity contribution in [1.82, 2.24) is 0 Å². The highest BCUT2D eigenvalue weighted by Crippen LogP contribution is 2.34. The topological polar surface area (TPSA) is 71.1 Å². The van der Waals surface area contributed by atoms with Crippen LogP contribution in [0.25, 0.3) is 0 Å². The zero-order valence-corrected chi connectivity index (χ0v) is 26.2. The molecule has 0 fully saturated rings. The summed E-state index contributed by atoms with van der Waals surface area (Å²) in [7, 11) is 0. The number of rotatable bonds is 16. The zero-order chi connectivity index (χ0) is 30.6. The van der Waals surface area contributed by atoms with E-state index >= 15 is 0 Å². The van der Waals surface area contributed by atoms with Crippen LogP contribution in [0.5, 0.6) is 11.5 Å².